The van der Waals surface area contributed by atoms with Crippen LogP contribution in [0.5, 0.6) is 0 Å². The molecular formula is C16H25NS. The summed E-state index contributed by atoms with van der Waals surface area (Å²) in [5.74, 6) is 0. The second-order valence-corrected chi connectivity index (χ2v) is 7.36. The Hall–Kier alpha value is -0.340. The van der Waals surface area contributed by atoms with Crippen LogP contribution in [-0.4, -0.2) is 6.04 Å². The average Bonchev–Trinajstić information content (AvgIpc) is 3.04. The van der Waals surface area contributed by atoms with Crippen LogP contribution in [0.25, 0.3) is 0 Å². The minimum atomic E-state index is 0.535. The molecule has 0 amide bonds. The number of hydrogen-bond donors (Lipinski definition) is 1. The van der Waals surface area contributed by atoms with Crippen molar-refractivity contribution in [3.05, 3.63) is 22.4 Å². The molecule has 0 saturated heterocycles. The maximum atomic E-state index is 3.84. The predicted octanol–water partition coefficient (Wildman–Crippen LogP) is 4.90. The number of nitrogens with one attached hydrogen (secondary N) is 1. The van der Waals surface area contributed by atoms with Crippen LogP contribution in [0.1, 0.15) is 69.2 Å². The average molecular weight is 263 g/mol. The molecule has 0 unspecified atom stereocenters. The summed E-state index contributed by atoms with van der Waals surface area (Å²) in [5.41, 5.74) is 0.768. The van der Waals surface area contributed by atoms with Crippen molar-refractivity contribution < 1.29 is 0 Å². The van der Waals surface area contributed by atoms with Crippen LogP contribution in [0.2, 0.25) is 0 Å². The zero-order valence-electron chi connectivity index (χ0n) is 11.5. The van der Waals surface area contributed by atoms with Gasteiger partial charge in [-0.3, -0.25) is 0 Å². The van der Waals surface area contributed by atoms with Gasteiger partial charge in [-0.1, -0.05) is 18.9 Å². The Bertz CT molecular complexity index is 354. The van der Waals surface area contributed by atoms with E-state index in [1.807, 2.05) is 11.3 Å². The van der Waals surface area contributed by atoms with E-state index in [9.17, 15) is 0 Å². The van der Waals surface area contributed by atoms with Gasteiger partial charge in [0.1, 0.15) is 0 Å². The van der Waals surface area contributed by atoms with Crippen LogP contribution in [0.3, 0.4) is 0 Å². The van der Waals surface area contributed by atoms with E-state index in [1.165, 1.54) is 56.2 Å². The van der Waals surface area contributed by atoms with Crippen LogP contribution in [0.4, 0.5) is 0 Å². The Morgan fingerprint density at radius 3 is 2.56 bits per heavy atom. The van der Waals surface area contributed by atoms with Crippen molar-refractivity contribution in [2.24, 2.45) is 5.41 Å². The van der Waals surface area contributed by atoms with Crippen LogP contribution in [0, 0.1) is 5.41 Å². The van der Waals surface area contributed by atoms with Gasteiger partial charge in [-0.25, -0.2) is 0 Å². The van der Waals surface area contributed by atoms with Gasteiger partial charge in [0.2, 0.25) is 0 Å². The SMILES string of the molecule is C[C@H](NC1CCC2(CCCC2)CC1)c1cccs1. The fraction of sp³-hybridized carbons (Fsp3) is 0.750. The molecule has 2 saturated carbocycles. The molecule has 2 fully saturated rings. The van der Waals surface area contributed by atoms with E-state index in [0.29, 0.717) is 6.04 Å². The predicted molar refractivity (Wildman–Crippen MR) is 79.0 cm³/mol. The summed E-state index contributed by atoms with van der Waals surface area (Å²) in [6.07, 6.45) is 11.8. The van der Waals surface area contributed by atoms with Gasteiger partial charge in [-0.2, -0.15) is 0 Å². The van der Waals surface area contributed by atoms with Crippen LogP contribution in [0.15, 0.2) is 17.5 Å². The molecular weight excluding hydrogens is 238 g/mol. The lowest BCUT2D eigenvalue weighted by Gasteiger charge is -2.38. The minimum absolute atomic E-state index is 0.535. The van der Waals surface area contributed by atoms with Gasteiger partial charge in [0.05, 0.1) is 0 Å². The van der Waals surface area contributed by atoms with Gasteiger partial charge < -0.3 is 5.32 Å². The van der Waals surface area contributed by atoms with Crippen molar-refractivity contribution in [1.29, 1.82) is 0 Å². The first kappa shape index (κ1) is 12.7. The topological polar surface area (TPSA) is 12.0 Å². The summed E-state index contributed by atoms with van der Waals surface area (Å²) in [6.45, 7) is 2.31. The molecule has 1 spiro atoms. The Kier molecular flexibility index (Phi) is 3.76. The lowest BCUT2D eigenvalue weighted by Crippen LogP contribution is -2.37. The summed E-state index contributed by atoms with van der Waals surface area (Å²) < 4.78 is 0. The summed E-state index contributed by atoms with van der Waals surface area (Å²) in [5, 5.41) is 6.02. The lowest BCUT2D eigenvalue weighted by molar-refractivity contribution is 0.164. The van der Waals surface area contributed by atoms with Gasteiger partial charge in [0.15, 0.2) is 0 Å². The van der Waals surface area contributed by atoms with Gasteiger partial charge in [0.25, 0.3) is 0 Å². The molecule has 1 aromatic heterocycles. The monoisotopic (exact) mass is 263 g/mol. The highest BCUT2D eigenvalue weighted by atomic mass is 32.1. The van der Waals surface area contributed by atoms with Crippen molar-refractivity contribution >= 4 is 11.3 Å². The normalized spacial score (nSPS) is 25.6. The molecule has 0 aromatic carbocycles. The molecule has 1 nitrogen and oxygen atoms in total. The first-order valence-electron chi connectivity index (χ1n) is 7.57. The largest absolute Gasteiger partial charge is 0.307 e. The lowest BCUT2D eigenvalue weighted by atomic mass is 9.71. The molecule has 18 heavy (non-hydrogen) atoms. The molecule has 1 heterocycles. The molecule has 1 atom stereocenters. The second-order valence-electron chi connectivity index (χ2n) is 6.39. The van der Waals surface area contributed by atoms with Crippen molar-refractivity contribution in [2.75, 3.05) is 0 Å². The van der Waals surface area contributed by atoms with E-state index >= 15 is 0 Å². The molecule has 100 valence electrons. The molecule has 2 heteroatoms. The molecule has 2 aliphatic rings. The standard InChI is InChI=1S/C16H25NS/c1-13(15-5-4-12-18-15)17-14-6-10-16(11-7-14)8-2-3-9-16/h4-5,12-14,17H,2-3,6-11H2,1H3/t13-/m0/s1. The summed E-state index contributed by atoms with van der Waals surface area (Å²) >= 11 is 1.88. The third-order valence-electron chi connectivity index (χ3n) is 5.17. The van der Waals surface area contributed by atoms with Crippen molar-refractivity contribution in [3.63, 3.8) is 0 Å². The fourth-order valence-electron chi connectivity index (χ4n) is 4.00. The second kappa shape index (κ2) is 5.34. The zero-order chi connectivity index (χ0) is 12.4. The van der Waals surface area contributed by atoms with Crippen LogP contribution in [-0.2, 0) is 0 Å². The first-order chi connectivity index (χ1) is 8.77. The summed E-state index contributed by atoms with van der Waals surface area (Å²) in [7, 11) is 0. The molecule has 0 bridgehead atoms. The molecule has 0 aliphatic heterocycles. The minimum Gasteiger partial charge on any atom is -0.307 e. The summed E-state index contributed by atoms with van der Waals surface area (Å²) in [4.78, 5) is 1.48. The van der Waals surface area contributed by atoms with E-state index in [0.717, 1.165) is 11.5 Å². The van der Waals surface area contributed by atoms with Crippen molar-refractivity contribution in [2.45, 2.75) is 70.4 Å². The maximum absolute atomic E-state index is 3.84. The molecule has 3 rings (SSSR count). The van der Waals surface area contributed by atoms with Crippen LogP contribution < -0.4 is 5.32 Å². The third kappa shape index (κ3) is 2.65. The molecule has 0 radical (unpaired) electrons. The third-order valence-corrected chi connectivity index (χ3v) is 6.22. The van der Waals surface area contributed by atoms with E-state index in [2.05, 4.69) is 29.8 Å². The quantitative estimate of drug-likeness (QED) is 0.817. The van der Waals surface area contributed by atoms with Crippen LogP contribution >= 0.6 is 11.3 Å². The highest BCUT2D eigenvalue weighted by molar-refractivity contribution is 7.10. The van der Waals surface area contributed by atoms with E-state index in [4.69, 9.17) is 0 Å². The van der Waals surface area contributed by atoms with Gasteiger partial charge >= 0.3 is 0 Å². The number of thiophene rings is 1. The Morgan fingerprint density at radius 2 is 1.94 bits per heavy atom. The Balaban J connectivity index is 1.51. The number of rotatable bonds is 3. The Labute approximate surface area is 115 Å². The molecule has 2 aliphatic carbocycles. The highest BCUT2D eigenvalue weighted by Gasteiger charge is 2.37. The zero-order valence-corrected chi connectivity index (χ0v) is 12.3. The van der Waals surface area contributed by atoms with Gasteiger partial charge in [-0.05, 0) is 62.3 Å². The number of hydrogen-bond acceptors (Lipinski definition) is 2. The highest BCUT2D eigenvalue weighted by Crippen LogP contribution is 2.49. The molecule has 1 N–H and O–H groups in total. The van der Waals surface area contributed by atoms with Gasteiger partial charge in [-0.15, -0.1) is 11.3 Å². The van der Waals surface area contributed by atoms with E-state index in [-0.39, 0.29) is 0 Å². The van der Waals surface area contributed by atoms with Crippen molar-refractivity contribution in [3.8, 4) is 0 Å². The van der Waals surface area contributed by atoms with E-state index < -0.39 is 0 Å². The summed E-state index contributed by atoms with van der Waals surface area (Å²) in [6, 6.07) is 5.71. The smallest absolute Gasteiger partial charge is 0.0388 e. The molecule has 1 aromatic rings. The fourth-order valence-corrected chi connectivity index (χ4v) is 4.74. The maximum Gasteiger partial charge on any atom is 0.0388 e. The van der Waals surface area contributed by atoms with E-state index in [1.54, 1.807) is 0 Å². The first-order valence-corrected chi connectivity index (χ1v) is 8.45. The Morgan fingerprint density at radius 1 is 1.22 bits per heavy atom. The van der Waals surface area contributed by atoms with Gasteiger partial charge in [0, 0.05) is 17.0 Å². The van der Waals surface area contributed by atoms with Crippen molar-refractivity contribution in [1.82, 2.24) is 5.32 Å².